The summed E-state index contributed by atoms with van der Waals surface area (Å²) < 4.78 is 24.0. The molecule has 0 amide bonds. The van der Waals surface area contributed by atoms with E-state index in [2.05, 4.69) is 10.3 Å². The van der Waals surface area contributed by atoms with Crippen LogP contribution >= 0.6 is 35.6 Å². The van der Waals surface area contributed by atoms with Crippen molar-refractivity contribution in [2.24, 2.45) is 10.7 Å². The van der Waals surface area contributed by atoms with E-state index in [1.54, 1.807) is 37.4 Å². The summed E-state index contributed by atoms with van der Waals surface area (Å²) in [5.41, 5.74) is 6.60. The van der Waals surface area contributed by atoms with E-state index in [1.807, 2.05) is 6.92 Å². The highest BCUT2D eigenvalue weighted by Crippen LogP contribution is 2.27. The van der Waals surface area contributed by atoms with Gasteiger partial charge < -0.3 is 20.5 Å². The molecule has 0 heterocycles. The first-order valence-electron chi connectivity index (χ1n) is 7.84. The smallest absolute Gasteiger partial charge is 0.193 e. The summed E-state index contributed by atoms with van der Waals surface area (Å²) in [5.74, 6) is 0.948. The fourth-order valence-electron chi connectivity index (χ4n) is 2.11. The highest BCUT2D eigenvalue weighted by Gasteiger charge is 2.09. The molecule has 0 aromatic heterocycles. The number of nitrogens with one attached hydrogen (secondary N) is 1. The first kappa shape index (κ1) is 22.3. The molecule has 5 nitrogen and oxygen atoms in total. The molecule has 2 aromatic rings. The van der Waals surface area contributed by atoms with Gasteiger partial charge in [0.2, 0.25) is 0 Å². The number of ether oxygens (including phenoxy) is 2. The average molecular weight is 494 g/mol. The molecule has 0 spiro atoms. The number of hydrogen-bond donors (Lipinski definition) is 2. The van der Waals surface area contributed by atoms with Crippen LogP contribution in [0.2, 0.25) is 5.02 Å². The van der Waals surface area contributed by atoms with Crippen molar-refractivity contribution in [2.45, 2.75) is 19.4 Å². The van der Waals surface area contributed by atoms with Crippen LogP contribution in [0.4, 0.5) is 10.1 Å². The van der Waals surface area contributed by atoms with E-state index in [0.29, 0.717) is 35.2 Å². The van der Waals surface area contributed by atoms with E-state index in [-0.39, 0.29) is 41.9 Å². The van der Waals surface area contributed by atoms with Crippen LogP contribution in [-0.2, 0) is 0 Å². The molecule has 2 aromatic carbocycles. The van der Waals surface area contributed by atoms with Crippen LogP contribution in [0.15, 0.2) is 47.5 Å². The van der Waals surface area contributed by atoms with Crippen LogP contribution < -0.4 is 20.5 Å². The van der Waals surface area contributed by atoms with Gasteiger partial charge in [0, 0.05) is 11.8 Å². The zero-order valence-electron chi connectivity index (χ0n) is 14.5. The predicted molar refractivity (Wildman–Crippen MR) is 115 cm³/mol. The Morgan fingerprint density at radius 2 is 2.08 bits per heavy atom. The Balaban J connectivity index is 0.00000338. The summed E-state index contributed by atoms with van der Waals surface area (Å²) in [6, 6.07) is 11.2. The maximum absolute atomic E-state index is 13.2. The van der Waals surface area contributed by atoms with Crippen molar-refractivity contribution in [1.29, 1.82) is 0 Å². The minimum absolute atomic E-state index is 0. The number of benzene rings is 2. The van der Waals surface area contributed by atoms with Gasteiger partial charge in [-0.25, -0.2) is 9.38 Å². The van der Waals surface area contributed by atoms with Gasteiger partial charge in [0.15, 0.2) is 5.96 Å². The first-order chi connectivity index (χ1) is 12.0. The summed E-state index contributed by atoms with van der Waals surface area (Å²) in [4.78, 5) is 4.27. The highest BCUT2D eigenvalue weighted by molar-refractivity contribution is 14.0. The van der Waals surface area contributed by atoms with E-state index < -0.39 is 0 Å². The monoisotopic (exact) mass is 493 g/mol. The van der Waals surface area contributed by atoms with Gasteiger partial charge in [0.25, 0.3) is 0 Å². The third kappa shape index (κ3) is 6.87. The second kappa shape index (κ2) is 11.1. The van der Waals surface area contributed by atoms with Crippen molar-refractivity contribution in [3.8, 4) is 11.5 Å². The lowest BCUT2D eigenvalue weighted by Gasteiger charge is -2.16. The van der Waals surface area contributed by atoms with Crippen LogP contribution in [0.5, 0.6) is 11.5 Å². The number of methoxy groups -OCH3 is 1. The number of rotatable bonds is 7. The molecule has 1 unspecified atom stereocenters. The largest absolute Gasteiger partial charge is 0.495 e. The third-order valence-corrected chi connectivity index (χ3v) is 3.74. The second-order valence-corrected chi connectivity index (χ2v) is 5.71. The molecule has 0 aliphatic carbocycles. The fourth-order valence-corrected chi connectivity index (χ4v) is 2.37. The maximum atomic E-state index is 13.2. The molecule has 0 radical (unpaired) electrons. The molecular weight excluding hydrogens is 472 g/mol. The van der Waals surface area contributed by atoms with Crippen LogP contribution in [0.1, 0.15) is 13.3 Å². The lowest BCUT2D eigenvalue weighted by molar-refractivity contribution is 0.205. The Morgan fingerprint density at radius 1 is 1.31 bits per heavy atom. The number of aliphatic imine (C=N–C) groups is 1. The fraction of sp³-hybridized carbons (Fsp3) is 0.278. The molecular formula is C18H22ClFIN3O2. The lowest BCUT2D eigenvalue weighted by atomic mass is 10.2. The van der Waals surface area contributed by atoms with Gasteiger partial charge in [-0.3, -0.25) is 0 Å². The number of nitrogens with two attached hydrogens (primary N) is 1. The molecule has 8 heteroatoms. The zero-order valence-corrected chi connectivity index (χ0v) is 17.6. The molecule has 2 rings (SSSR count). The molecule has 0 saturated heterocycles. The van der Waals surface area contributed by atoms with E-state index in [4.69, 9.17) is 26.8 Å². The van der Waals surface area contributed by atoms with E-state index >= 15 is 0 Å². The SMILES string of the molecule is CCC(CN=C(N)Nc1ccc(OC)c(Cl)c1)Oc1cccc(F)c1.I. The van der Waals surface area contributed by atoms with Crippen LogP contribution in [-0.4, -0.2) is 25.7 Å². The Bertz CT molecular complexity index is 746. The molecule has 0 saturated carbocycles. The van der Waals surface area contributed by atoms with Gasteiger partial charge in [-0.15, -0.1) is 24.0 Å². The maximum Gasteiger partial charge on any atom is 0.193 e. The first-order valence-corrected chi connectivity index (χ1v) is 8.22. The second-order valence-electron chi connectivity index (χ2n) is 5.31. The van der Waals surface area contributed by atoms with Gasteiger partial charge in [0.1, 0.15) is 23.4 Å². The van der Waals surface area contributed by atoms with Crippen molar-refractivity contribution in [2.75, 3.05) is 19.0 Å². The summed E-state index contributed by atoms with van der Waals surface area (Å²) >= 11 is 6.07. The highest BCUT2D eigenvalue weighted by atomic mass is 127. The number of guanidine groups is 1. The molecule has 0 aliphatic rings. The third-order valence-electron chi connectivity index (χ3n) is 3.44. The number of halogens is 3. The van der Waals surface area contributed by atoms with Crippen LogP contribution in [0.3, 0.4) is 0 Å². The molecule has 0 aliphatic heterocycles. The van der Waals surface area contributed by atoms with Gasteiger partial charge in [-0.2, -0.15) is 0 Å². The number of nitrogens with zero attached hydrogens (tertiary/aromatic N) is 1. The molecule has 0 fully saturated rings. The molecule has 3 N–H and O–H groups in total. The van der Waals surface area contributed by atoms with Crippen LogP contribution in [0.25, 0.3) is 0 Å². The summed E-state index contributed by atoms with van der Waals surface area (Å²) in [6.07, 6.45) is 0.503. The number of hydrogen-bond acceptors (Lipinski definition) is 3. The van der Waals surface area contributed by atoms with Gasteiger partial charge in [0.05, 0.1) is 18.7 Å². The van der Waals surface area contributed by atoms with Crippen molar-refractivity contribution in [3.05, 3.63) is 53.3 Å². The molecule has 1 atom stereocenters. The lowest BCUT2D eigenvalue weighted by Crippen LogP contribution is -2.26. The van der Waals surface area contributed by atoms with Gasteiger partial charge in [-0.05, 0) is 36.8 Å². The standard InChI is InChI=1S/C18H21ClFN3O2.HI/c1-3-14(25-15-6-4-5-12(20)9-15)11-22-18(21)23-13-7-8-17(24-2)16(19)10-13;/h4-10,14H,3,11H2,1-2H3,(H3,21,22,23);1H. The summed E-state index contributed by atoms with van der Waals surface area (Å²) in [5, 5.41) is 3.43. The summed E-state index contributed by atoms with van der Waals surface area (Å²) in [7, 11) is 1.55. The van der Waals surface area contributed by atoms with Crippen molar-refractivity contribution in [1.82, 2.24) is 0 Å². The predicted octanol–water partition coefficient (Wildman–Crippen LogP) is 4.69. The van der Waals surface area contributed by atoms with Crippen LogP contribution in [0, 0.1) is 5.82 Å². The van der Waals surface area contributed by atoms with Gasteiger partial charge >= 0.3 is 0 Å². The Labute approximate surface area is 174 Å². The Hall–Kier alpha value is -1.74. The van der Waals surface area contributed by atoms with Crippen molar-refractivity contribution < 1.29 is 13.9 Å². The minimum atomic E-state index is -0.339. The Morgan fingerprint density at radius 3 is 2.69 bits per heavy atom. The number of anilines is 1. The Kier molecular flexibility index (Phi) is 9.50. The molecule has 26 heavy (non-hydrogen) atoms. The topological polar surface area (TPSA) is 68.9 Å². The molecule has 142 valence electrons. The minimum Gasteiger partial charge on any atom is -0.495 e. The molecule has 0 bridgehead atoms. The zero-order chi connectivity index (χ0) is 18.2. The van der Waals surface area contributed by atoms with E-state index in [0.717, 1.165) is 0 Å². The summed E-state index contributed by atoms with van der Waals surface area (Å²) in [6.45, 7) is 2.31. The quantitative estimate of drug-likeness (QED) is 0.334. The average Bonchev–Trinajstić information content (AvgIpc) is 2.59. The normalized spacial score (nSPS) is 12.1. The van der Waals surface area contributed by atoms with E-state index in [9.17, 15) is 4.39 Å². The van der Waals surface area contributed by atoms with Crippen molar-refractivity contribution in [3.63, 3.8) is 0 Å². The van der Waals surface area contributed by atoms with E-state index in [1.165, 1.54) is 12.1 Å². The van der Waals surface area contributed by atoms with Gasteiger partial charge in [-0.1, -0.05) is 24.6 Å². The van der Waals surface area contributed by atoms with Crippen molar-refractivity contribution >= 4 is 47.2 Å².